The van der Waals surface area contributed by atoms with Crippen LogP contribution in [-0.2, 0) is 14.3 Å². The third-order valence-electron chi connectivity index (χ3n) is 6.06. The van der Waals surface area contributed by atoms with Crippen molar-refractivity contribution >= 4 is 17.4 Å². The lowest BCUT2D eigenvalue weighted by Gasteiger charge is -2.29. The molecule has 1 aromatic carbocycles. The minimum atomic E-state index is -0.823. The molecule has 0 spiro atoms. The molecule has 8 nitrogen and oxygen atoms in total. The minimum Gasteiger partial charge on any atom is -0.507 e. The lowest BCUT2D eigenvalue weighted by Crippen LogP contribution is -2.38. The van der Waals surface area contributed by atoms with Crippen molar-refractivity contribution in [1.29, 1.82) is 0 Å². The first kappa shape index (κ1) is 23.0. The van der Waals surface area contributed by atoms with Crippen molar-refractivity contribution in [3.05, 3.63) is 64.5 Å². The predicted molar refractivity (Wildman–Crippen MR) is 119 cm³/mol. The molecule has 1 N–H and O–H groups in total. The Morgan fingerprint density at radius 2 is 1.85 bits per heavy atom. The molecule has 1 amide bonds. The smallest absolute Gasteiger partial charge is 0.295 e. The molecule has 2 fully saturated rings. The van der Waals surface area contributed by atoms with E-state index in [9.17, 15) is 19.1 Å². The number of amides is 1. The molecule has 0 radical (unpaired) electrons. The van der Waals surface area contributed by atoms with Gasteiger partial charge in [0, 0.05) is 32.4 Å². The van der Waals surface area contributed by atoms with Crippen molar-refractivity contribution in [1.82, 2.24) is 19.8 Å². The van der Waals surface area contributed by atoms with Gasteiger partial charge >= 0.3 is 0 Å². The first-order valence-corrected chi connectivity index (χ1v) is 11.0. The van der Waals surface area contributed by atoms with Crippen LogP contribution in [0, 0.1) is 19.7 Å². The molecule has 1 aromatic heterocycles. The van der Waals surface area contributed by atoms with Gasteiger partial charge in [-0.1, -0.05) is 12.1 Å². The summed E-state index contributed by atoms with van der Waals surface area (Å²) in [5.41, 5.74) is 1.30. The minimum absolute atomic E-state index is 0.0338. The maximum absolute atomic E-state index is 13.6. The first-order valence-electron chi connectivity index (χ1n) is 11.0. The third kappa shape index (κ3) is 4.79. The van der Waals surface area contributed by atoms with E-state index in [2.05, 4.69) is 14.9 Å². The number of carbonyl (C=O) groups excluding carboxylic acids is 2. The van der Waals surface area contributed by atoms with E-state index in [0.717, 1.165) is 19.6 Å². The normalized spacial score (nSPS) is 21.1. The van der Waals surface area contributed by atoms with Crippen LogP contribution < -0.4 is 0 Å². The highest BCUT2D eigenvalue weighted by molar-refractivity contribution is 6.46. The Balaban J connectivity index is 1.69. The van der Waals surface area contributed by atoms with Gasteiger partial charge in [0.25, 0.3) is 11.7 Å². The Bertz CT molecular complexity index is 1080. The lowest BCUT2D eigenvalue weighted by molar-refractivity contribution is -0.140. The van der Waals surface area contributed by atoms with E-state index in [0.29, 0.717) is 48.8 Å². The molecular formula is C24H27FN4O4. The Morgan fingerprint density at radius 1 is 1.15 bits per heavy atom. The van der Waals surface area contributed by atoms with Gasteiger partial charge in [-0.2, -0.15) is 0 Å². The number of morpholine rings is 1. The highest BCUT2D eigenvalue weighted by Gasteiger charge is 2.46. The number of nitrogens with zero attached hydrogens (tertiary/aromatic N) is 4. The third-order valence-corrected chi connectivity index (χ3v) is 6.06. The molecule has 0 unspecified atom stereocenters. The van der Waals surface area contributed by atoms with Gasteiger partial charge < -0.3 is 14.7 Å². The van der Waals surface area contributed by atoms with E-state index < -0.39 is 23.5 Å². The molecule has 2 aliphatic heterocycles. The summed E-state index contributed by atoms with van der Waals surface area (Å²) in [5, 5.41) is 11.1. The molecule has 0 bridgehead atoms. The number of hydrogen-bond donors (Lipinski definition) is 1. The molecule has 3 heterocycles. The zero-order valence-corrected chi connectivity index (χ0v) is 18.8. The fourth-order valence-corrected chi connectivity index (χ4v) is 4.35. The van der Waals surface area contributed by atoms with Crippen LogP contribution in [0.15, 0.2) is 36.0 Å². The number of ketones is 1. The summed E-state index contributed by atoms with van der Waals surface area (Å²) in [4.78, 5) is 38.2. The van der Waals surface area contributed by atoms with Crippen molar-refractivity contribution in [2.24, 2.45) is 0 Å². The summed E-state index contributed by atoms with van der Waals surface area (Å²) < 4.78 is 19.0. The summed E-state index contributed by atoms with van der Waals surface area (Å²) in [7, 11) is 0. The fraction of sp³-hybridized carbons (Fsp3) is 0.417. The Kier molecular flexibility index (Phi) is 6.80. The Hall–Kier alpha value is -3.17. The standard InChI is InChI=1S/C24H27FN4O4/c1-15-19(14-26-16(2)27-15)22(30)20-21(17-4-6-18(25)7-5-17)29(24(32)23(20)31)9-3-8-28-10-12-33-13-11-28/h4-7,14,21,30H,3,8-13H2,1-2H3/t21-/m1/s1. The highest BCUT2D eigenvalue weighted by atomic mass is 19.1. The first-order chi connectivity index (χ1) is 15.9. The van der Waals surface area contributed by atoms with Crippen molar-refractivity contribution < 1.29 is 23.8 Å². The van der Waals surface area contributed by atoms with Crippen LogP contribution >= 0.6 is 0 Å². The number of Topliss-reactive ketones (excluding diaryl/α,β-unsaturated/α-hetero) is 1. The molecule has 33 heavy (non-hydrogen) atoms. The van der Waals surface area contributed by atoms with Gasteiger partial charge in [0.15, 0.2) is 0 Å². The number of rotatable bonds is 6. The number of benzene rings is 1. The second-order valence-corrected chi connectivity index (χ2v) is 8.27. The number of carbonyl (C=O) groups is 2. The summed E-state index contributed by atoms with van der Waals surface area (Å²) in [6.45, 7) is 7.52. The Labute approximate surface area is 191 Å². The van der Waals surface area contributed by atoms with E-state index >= 15 is 0 Å². The highest BCUT2D eigenvalue weighted by Crippen LogP contribution is 2.39. The van der Waals surface area contributed by atoms with Crippen LogP contribution in [0.5, 0.6) is 0 Å². The zero-order chi connectivity index (χ0) is 23.5. The largest absolute Gasteiger partial charge is 0.507 e. The number of hydrogen-bond acceptors (Lipinski definition) is 7. The predicted octanol–water partition coefficient (Wildman–Crippen LogP) is 2.38. The second-order valence-electron chi connectivity index (χ2n) is 8.27. The fourth-order valence-electron chi connectivity index (χ4n) is 4.35. The van der Waals surface area contributed by atoms with Gasteiger partial charge in [-0.05, 0) is 38.0 Å². The van der Waals surface area contributed by atoms with Crippen molar-refractivity contribution in [3.8, 4) is 0 Å². The molecule has 9 heteroatoms. The number of halogens is 1. The van der Waals surface area contributed by atoms with Gasteiger partial charge in [-0.3, -0.25) is 14.5 Å². The van der Waals surface area contributed by atoms with Crippen LogP contribution in [0.3, 0.4) is 0 Å². The van der Waals surface area contributed by atoms with Crippen molar-refractivity contribution in [2.75, 3.05) is 39.4 Å². The number of ether oxygens (including phenoxy) is 1. The van der Waals surface area contributed by atoms with E-state index in [4.69, 9.17) is 4.74 Å². The van der Waals surface area contributed by atoms with Gasteiger partial charge in [-0.25, -0.2) is 14.4 Å². The quantitative estimate of drug-likeness (QED) is 0.407. The van der Waals surface area contributed by atoms with Crippen molar-refractivity contribution in [2.45, 2.75) is 26.3 Å². The summed E-state index contributed by atoms with van der Waals surface area (Å²) in [6, 6.07) is 4.81. The van der Waals surface area contributed by atoms with Crippen LogP contribution in [0.4, 0.5) is 4.39 Å². The molecule has 1 atom stereocenters. The average Bonchev–Trinajstić information content (AvgIpc) is 3.05. The summed E-state index contributed by atoms with van der Waals surface area (Å²) >= 11 is 0. The van der Waals surface area contributed by atoms with Crippen LogP contribution in [-0.4, -0.2) is 76.0 Å². The number of aromatic nitrogens is 2. The molecule has 2 aromatic rings. The van der Waals surface area contributed by atoms with Gasteiger partial charge in [-0.15, -0.1) is 0 Å². The van der Waals surface area contributed by atoms with Crippen molar-refractivity contribution in [3.63, 3.8) is 0 Å². The maximum Gasteiger partial charge on any atom is 0.295 e. The zero-order valence-electron chi connectivity index (χ0n) is 18.8. The average molecular weight is 455 g/mol. The van der Waals surface area contributed by atoms with E-state index in [1.165, 1.54) is 35.4 Å². The molecule has 2 aliphatic rings. The van der Waals surface area contributed by atoms with E-state index in [1.807, 2.05) is 0 Å². The molecule has 2 saturated heterocycles. The van der Waals surface area contributed by atoms with Gasteiger partial charge in [0.05, 0.1) is 36.1 Å². The molecular weight excluding hydrogens is 427 g/mol. The number of aryl methyl sites for hydroxylation is 2. The lowest BCUT2D eigenvalue weighted by atomic mass is 9.95. The SMILES string of the molecule is Cc1ncc(C(O)=C2C(=O)C(=O)N(CCCN3CCOCC3)[C@@H]2c2ccc(F)cc2)c(C)n1. The Morgan fingerprint density at radius 3 is 2.52 bits per heavy atom. The van der Waals surface area contributed by atoms with Gasteiger partial charge in [0.2, 0.25) is 0 Å². The van der Waals surface area contributed by atoms with E-state index in [-0.39, 0.29) is 11.3 Å². The molecule has 174 valence electrons. The number of likely N-dealkylation sites (tertiary alicyclic amines) is 1. The molecule has 0 saturated carbocycles. The van der Waals surface area contributed by atoms with E-state index in [1.54, 1.807) is 13.8 Å². The molecule has 0 aliphatic carbocycles. The maximum atomic E-state index is 13.6. The van der Waals surface area contributed by atoms with Crippen LogP contribution in [0.2, 0.25) is 0 Å². The topological polar surface area (TPSA) is 95.9 Å². The number of aliphatic hydroxyl groups is 1. The molecule has 4 rings (SSSR count). The van der Waals surface area contributed by atoms with Crippen LogP contribution in [0.25, 0.3) is 5.76 Å². The van der Waals surface area contributed by atoms with Crippen LogP contribution in [0.1, 0.15) is 35.1 Å². The number of aliphatic hydroxyl groups excluding tert-OH is 1. The summed E-state index contributed by atoms with van der Waals surface area (Å²) in [5.74, 6) is -1.67. The monoisotopic (exact) mass is 454 g/mol. The van der Waals surface area contributed by atoms with Gasteiger partial charge in [0.1, 0.15) is 17.4 Å². The summed E-state index contributed by atoms with van der Waals surface area (Å²) in [6.07, 6.45) is 2.10. The second kappa shape index (κ2) is 9.76.